The molecule has 0 saturated carbocycles. The van der Waals surface area contributed by atoms with Crippen molar-refractivity contribution in [3.8, 4) is 5.75 Å². The molecule has 1 aromatic carbocycles. The molecule has 43 heavy (non-hydrogen) atoms. The largest absolute Gasteiger partial charge is 0.497 e. The molecule has 3 N–H and O–H groups in total. The molecule has 0 amide bonds. The lowest BCUT2D eigenvalue weighted by Gasteiger charge is -2.50. The first-order valence-corrected chi connectivity index (χ1v) is 14.4. The van der Waals surface area contributed by atoms with E-state index in [9.17, 15) is 24.2 Å². The van der Waals surface area contributed by atoms with Crippen molar-refractivity contribution in [2.45, 2.75) is 62.3 Å². The molecule has 2 bridgehead atoms. The number of aromatic nitrogens is 6. The van der Waals surface area contributed by atoms with Crippen LogP contribution in [0.5, 0.6) is 5.75 Å². The fourth-order valence-electron chi connectivity index (χ4n) is 6.95. The van der Waals surface area contributed by atoms with E-state index in [-0.39, 0.29) is 24.9 Å². The second-order valence-electron chi connectivity index (χ2n) is 11.6. The molecule has 5 unspecified atom stereocenters. The highest BCUT2D eigenvalue weighted by molar-refractivity contribution is 5.84. The molecule has 4 fully saturated rings. The van der Waals surface area contributed by atoms with Crippen molar-refractivity contribution in [2.75, 3.05) is 20.2 Å². The first-order chi connectivity index (χ1) is 20.8. The van der Waals surface area contributed by atoms with E-state index >= 15 is 0 Å². The molecule has 7 heterocycles. The maximum Gasteiger partial charge on any atom is 0.330 e. The third-order valence-corrected chi connectivity index (χ3v) is 9.21. The molecule has 0 aliphatic carbocycles. The standard InChI is InChI=1S/C29H32FN7O6/c1-42-16-2-3-21-18(9-16)17(4-6-31-21)27(39)23-8-15-5-7-35(23)11-19(15)22-13-36(34-33-22)14-25-24(38)10-26(43-25)37-12-20(30)28(40)32-29(37)41/h2-4,6,9,12-13,15,19,23-27,38-39H,5,7-8,10-11,14H2,1H3,(H,32,40,41)/t15?,19?,23-,24?,25?,26?,27+/m1/s1. The predicted octanol–water partition coefficient (Wildman–Crippen LogP) is 1.08. The van der Waals surface area contributed by atoms with E-state index in [4.69, 9.17) is 9.47 Å². The van der Waals surface area contributed by atoms with Crippen LogP contribution in [0.25, 0.3) is 10.9 Å². The van der Waals surface area contributed by atoms with Crippen LogP contribution < -0.4 is 16.0 Å². The number of pyridine rings is 1. The Morgan fingerprint density at radius 3 is 2.88 bits per heavy atom. The Labute approximate surface area is 244 Å². The van der Waals surface area contributed by atoms with Crippen LogP contribution in [-0.4, -0.2) is 83.1 Å². The Hall–Kier alpha value is -3.98. The highest BCUT2D eigenvalue weighted by atomic mass is 19.1. The second kappa shape index (κ2) is 10.9. The van der Waals surface area contributed by atoms with Gasteiger partial charge >= 0.3 is 5.69 Å². The fraction of sp³-hybridized carbons (Fsp3) is 0.483. The van der Waals surface area contributed by atoms with Crippen molar-refractivity contribution in [2.24, 2.45) is 5.92 Å². The number of rotatable bonds is 7. The Balaban J connectivity index is 1.03. The number of hydrogen-bond donors (Lipinski definition) is 3. The van der Waals surface area contributed by atoms with Crippen LogP contribution in [0.2, 0.25) is 0 Å². The van der Waals surface area contributed by atoms with Crippen LogP contribution in [0.4, 0.5) is 4.39 Å². The molecule has 4 aliphatic rings. The van der Waals surface area contributed by atoms with Gasteiger partial charge < -0.3 is 19.7 Å². The Bertz CT molecular complexity index is 1770. The molecule has 14 heteroatoms. The average molecular weight is 594 g/mol. The normalized spacial score (nSPS) is 29.3. The molecule has 4 aliphatic heterocycles. The summed E-state index contributed by atoms with van der Waals surface area (Å²) in [5.41, 5.74) is 0.568. The predicted molar refractivity (Wildman–Crippen MR) is 150 cm³/mol. The van der Waals surface area contributed by atoms with Gasteiger partial charge in [0.05, 0.1) is 43.3 Å². The minimum atomic E-state index is -1.11. The van der Waals surface area contributed by atoms with Gasteiger partial charge in [0.25, 0.3) is 5.56 Å². The first kappa shape index (κ1) is 27.8. The Morgan fingerprint density at radius 2 is 2.09 bits per heavy atom. The van der Waals surface area contributed by atoms with E-state index in [1.807, 2.05) is 35.4 Å². The topological polar surface area (TPSA) is 161 Å². The van der Waals surface area contributed by atoms with E-state index in [0.717, 1.165) is 58.9 Å². The highest BCUT2D eigenvalue weighted by Gasteiger charge is 2.45. The lowest BCUT2D eigenvalue weighted by Crippen LogP contribution is -2.54. The number of aliphatic hydroxyl groups is 2. The van der Waals surface area contributed by atoms with E-state index in [1.54, 1.807) is 18.0 Å². The summed E-state index contributed by atoms with van der Waals surface area (Å²) in [4.78, 5) is 32.2. The molecule has 13 nitrogen and oxygen atoms in total. The van der Waals surface area contributed by atoms with Crippen molar-refractivity contribution in [3.63, 3.8) is 0 Å². The smallest absolute Gasteiger partial charge is 0.330 e. The van der Waals surface area contributed by atoms with Gasteiger partial charge in [0.15, 0.2) is 0 Å². The fourth-order valence-corrected chi connectivity index (χ4v) is 6.95. The second-order valence-corrected chi connectivity index (χ2v) is 11.6. The summed E-state index contributed by atoms with van der Waals surface area (Å²) in [6.07, 6.45) is 2.99. The van der Waals surface area contributed by atoms with Crippen LogP contribution in [0.1, 0.15) is 48.8 Å². The number of benzene rings is 1. The zero-order chi connectivity index (χ0) is 29.8. The first-order valence-electron chi connectivity index (χ1n) is 14.4. The zero-order valence-electron chi connectivity index (χ0n) is 23.4. The molecule has 8 rings (SSSR count). The summed E-state index contributed by atoms with van der Waals surface area (Å²) in [7, 11) is 1.62. The van der Waals surface area contributed by atoms with Crippen LogP contribution in [0, 0.1) is 11.7 Å². The number of nitrogens with zero attached hydrogens (tertiary/aromatic N) is 6. The number of nitrogens with one attached hydrogen (secondary N) is 1. The number of ether oxygens (including phenoxy) is 2. The van der Waals surface area contributed by atoms with Crippen LogP contribution in [-0.2, 0) is 11.3 Å². The minimum Gasteiger partial charge on any atom is -0.497 e. The number of fused-ring (bicyclic) bond motifs is 4. The molecule has 0 radical (unpaired) electrons. The number of methoxy groups -OCH3 is 1. The van der Waals surface area contributed by atoms with E-state index < -0.39 is 41.6 Å². The molecule has 3 aromatic heterocycles. The molecule has 226 valence electrons. The summed E-state index contributed by atoms with van der Waals surface area (Å²) >= 11 is 0. The average Bonchev–Trinajstić information content (AvgIpc) is 3.64. The van der Waals surface area contributed by atoms with E-state index in [1.165, 1.54) is 0 Å². The molecule has 4 aromatic rings. The van der Waals surface area contributed by atoms with Crippen LogP contribution >= 0.6 is 0 Å². The maximum absolute atomic E-state index is 13.8. The lowest BCUT2D eigenvalue weighted by atomic mass is 9.72. The Kier molecular flexibility index (Phi) is 7.08. The third-order valence-electron chi connectivity index (χ3n) is 9.21. The van der Waals surface area contributed by atoms with Gasteiger partial charge in [-0.25, -0.2) is 9.48 Å². The van der Waals surface area contributed by atoms with Gasteiger partial charge in [0.1, 0.15) is 18.1 Å². The summed E-state index contributed by atoms with van der Waals surface area (Å²) in [5, 5.41) is 31.8. The molecular weight excluding hydrogens is 561 g/mol. The van der Waals surface area contributed by atoms with Gasteiger partial charge in [0.2, 0.25) is 5.82 Å². The van der Waals surface area contributed by atoms with Gasteiger partial charge in [-0.3, -0.25) is 24.2 Å². The number of H-pyrrole nitrogens is 1. The van der Waals surface area contributed by atoms with Crippen molar-refractivity contribution < 1.29 is 24.1 Å². The van der Waals surface area contributed by atoms with Gasteiger partial charge in [-0.1, -0.05) is 5.21 Å². The monoisotopic (exact) mass is 593 g/mol. The van der Waals surface area contributed by atoms with Gasteiger partial charge in [-0.15, -0.1) is 5.10 Å². The number of hydrogen-bond acceptors (Lipinski definition) is 10. The minimum absolute atomic E-state index is 0.0398. The summed E-state index contributed by atoms with van der Waals surface area (Å²) in [6.45, 7) is 1.81. The molecule has 0 spiro atoms. The van der Waals surface area contributed by atoms with Crippen molar-refractivity contribution in [3.05, 3.63) is 80.8 Å². The SMILES string of the molecule is COc1ccc2nccc([C@H](O)[C@H]3CC4CC[N@]3CC4c3cn(CC4OC(n5cc(F)c(=O)[nH]c5=O)CC4O)nn3)c2c1. The summed E-state index contributed by atoms with van der Waals surface area (Å²) in [6, 6.07) is 7.52. The van der Waals surface area contributed by atoms with Crippen LogP contribution in [0.3, 0.4) is 0 Å². The van der Waals surface area contributed by atoms with Crippen molar-refractivity contribution in [1.82, 2.24) is 34.4 Å². The van der Waals surface area contributed by atoms with Crippen molar-refractivity contribution >= 4 is 10.9 Å². The quantitative estimate of drug-likeness (QED) is 0.283. The molecular formula is C29H32FN7O6. The summed E-state index contributed by atoms with van der Waals surface area (Å²) < 4.78 is 27.6. The highest BCUT2D eigenvalue weighted by Crippen LogP contribution is 2.45. The van der Waals surface area contributed by atoms with Gasteiger partial charge in [-0.05, 0) is 55.1 Å². The van der Waals surface area contributed by atoms with E-state index in [0.29, 0.717) is 11.7 Å². The number of aromatic amines is 1. The molecule has 4 saturated heterocycles. The van der Waals surface area contributed by atoms with Gasteiger partial charge in [0, 0.05) is 42.7 Å². The Morgan fingerprint density at radius 1 is 1.23 bits per heavy atom. The van der Waals surface area contributed by atoms with Crippen LogP contribution in [0.15, 0.2) is 52.4 Å². The lowest BCUT2D eigenvalue weighted by molar-refractivity contribution is -0.0382. The number of aliphatic hydroxyl groups excluding tert-OH is 2. The zero-order valence-corrected chi connectivity index (χ0v) is 23.4. The molecule has 8 atom stereocenters. The summed E-state index contributed by atoms with van der Waals surface area (Å²) in [5.74, 6) is 0.0683. The number of halogens is 1. The third kappa shape index (κ3) is 5.03. The van der Waals surface area contributed by atoms with Gasteiger partial charge in [-0.2, -0.15) is 4.39 Å². The van der Waals surface area contributed by atoms with Crippen molar-refractivity contribution in [1.29, 1.82) is 0 Å². The van der Waals surface area contributed by atoms with E-state index in [2.05, 4.69) is 20.2 Å². The number of piperidine rings is 3. The maximum atomic E-state index is 13.8.